The van der Waals surface area contributed by atoms with Gasteiger partial charge >= 0.3 is 0 Å². The first-order valence-corrected chi connectivity index (χ1v) is 7.25. The third-order valence-corrected chi connectivity index (χ3v) is 3.74. The molecule has 21 heavy (non-hydrogen) atoms. The van der Waals surface area contributed by atoms with Gasteiger partial charge in [0.1, 0.15) is 0 Å². The average molecular weight is 289 g/mol. The van der Waals surface area contributed by atoms with Crippen LogP contribution in [0.5, 0.6) is 0 Å². The lowest BCUT2D eigenvalue weighted by Gasteiger charge is -2.16. The maximum atomic E-state index is 13.2. The SMILES string of the molecule is CNC(CCc1cccc(C)c1)Cc1ccc(F)c(F)c1. The van der Waals surface area contributed by atoms with E-state index in [1.807, 2.05) is 7.05 Å². The van der Waals surface area contributed by atoms with Crippen LogP contribution in [0.15, 0.2) is 42.5 Å². The Hall–Kier alpha value is -1.74. The molecule has 2 aromatic rings. The predicted molar refractivity (Wildman–Crippen MR) is 82.4 cm³/mol. The standard InChI is InChI=1S/C18H21F2N/c1-13-4-3-5-14(10-13)6-8-16(21-2)11-15-7-9-17(19)18(20)12-15/h3-5,7,9-10,12,16,21H,6,8,11H2,1-2H3. The van der Waals surface area contributed by atoms with Gasteiger partial charge in [0.25, 0.3) is 0 Å². The Bertz CT molecular complexity index is 596. The number of nitrogens with one attached hydrogen (secondary N) is 1. The Morgan fingerprint density at radius 2 is 1.81 bits per heavy atom. The molecular formula is C18H21F2N. The van der Waals surface area contributed by atoms with E-state index in [4.69, 9.17) is 0 Å². The van der Waals surface area contributed by atoms with Crippen molar-refractivity contribution in [1.29, 1.82) is 0 Å². The number of benzene rings is 2. The minimum absolute atomic E-state index is 0.246. The number of aryl methyl sites for hydroxylation is 2. The normalized spacial score (nSPS) is 12.4. The van der Waals surface area contributed by atoms with Crippen LogP contribution in [0, 0.1) is 18.6 Å². The Kier molecular flexibility index (Phi) is 5.45. The summed E-state index contributed by atoms with van der Waals surface area (Å²) < 4.78 is 26.2. The van der Waals surface area contributed by atoms with Crippen molar-refractivity contribution in [3.63, 3.8) is 0 Å². The minimum Gasteiger partial charge on any atom is -0.317 e. The summed E-state index contributed by atoms with van der Waals surface area (Å²) >= 11 is 0. The largest absolute Gasteiger partial charge is 0.317 e. The lowest BCUT2D eigenvalue weighted by molar-refractivity contribution is 0.497. The molecule has 0 radical (unpaired) electrons. The zero-order valence-corrected chi connectivity index (χ0v) is 12.5. The van der Waals surface area contributed by atoms with Gasteiger partial charge in [0, 0.05) is 6.04 Å². The summed E-state index contributed by atoms with van der Waals surface area (Å²) in [5, 5.41) is 3.25. The molecule has 112 valence electrons. The maximum Gasteiger partial charge on any atom is 0.159 e. The molecule has 3 heteroatoms. The summed E-state index contributed by atoms with van der Waals surface area (Å²) in [5.41, 5.74) is 3.38. The van der Waals surface area contributed by atoms with Crippen LogP contribution in [0.2, 0.25) is 0 Å². The number of hydrogen-bond donors (Lipinski definition) is 1. The summed E-state index contributed by atoms with van der Waals surface area (Å²) in [6.07, 6.45) is 2.62. The second-order valence-electron chi connectivity index (χ2n) is 5.47. The van der Waals surface area contributed by atoms with Crippen molar-refractivity contribution in [1.82, 2.24) is 5.32 Å². The lowest BCUT2D eigenvalue weighted by Crippen LogP contribution is -2.28. The summed E-state index contributed by atoms with van der Waals surface area (Å²) in [6, 6.07) is 12.8. The van der Waals surface area contributed by atoms with Crippen molar-refractivity contribution in [2.75, 3.05) is 7.05 Å². The first-order chi connectivity index (χ1) is 10.1. The zero-order chi connectivity index (χ0) is 15.2. The zero-order valence-electron chi connectivity index (χ0n) is 12.5. The molecule has 0 aromatic heterocycles. The van der Waals surface area contributed by atoms with Crippen LogP contribution in [0.4, 0.5) is 8.78 Å². The topological polar surface area (TPSA) is 12.0 Å². The monoisotopic (exact) mass is 289 g/mol. The molecule has 1 N–H and O–H groups in total. The molecule has 0 saturated heterocycles. The van der Waals surface area contributed by atoms with Gasteiger partial charge in [0.15, 0.2) is 11.6 Å². The highest BCUT2D eigenvalue weighted by atomic mass is 19.2. The molecule has 0 aliphatic heterocycles. The molecule has 2 aromatic carbocycles. The van der Waals surface area contributed by atoms with Crippen LogP contribution in [0.1, 0.15) is 23.1 Å². The van der Waals surface area contributed by atoms with Crippen molar-refractivity contribution >= 4 is 0 Å². The molecule has 0 heterocycles. The van der Waals surface area contributed by atoms with Crippen molar-refractivity contribution < 1.29 is 8.78 Å². The molecule has 0 fully saturated rings. The van der Waals surface area contributed by atoms with E-state index in [0.717, 1.165) is 18.4 Å². The first kappa shape index (κ1) is 15.6. The van der Waals surface area contributed by atoms with Gasteiger partial charge in [-0.25, -0.2) is 8.78 Å². The third-order valence-electron chi connectivity index (χ3n) is 3.74. The number of hydrogen-bond acceptors (Lipinski definition) is 1. The highest BCUT2D eigenvalue weighted by molar-refractivity contribution is 5.23. The van der Waals surface area contributed by atoms with E-state index in [1.54, 1.807) is 6.07 Å². The van der Waals surface area contributed by atoms with E-state index in [2.05, 4.69) is 36.5 Å². The molecule has 1 nitrogen and oxygen atoms in total. The second kappa shape index (κ2) is 7.32. The Balaban J connectivity index is 1.95. The van der Waals surface area contributed by atoms with Gasteiger partial charge in [0.05, 0.1) is 0 Å². The van der Waals surface area contributed by atoms with Crippen LogP contribution in [0.3, 0.4) is 0 Å². The van der Waals surface area contributed by atoms with E-state index < -0.39 is 11.6 Å². The minimum atomic E-state index is -0.792. The Morgan fingerprint density at radius 3 is 2.48 bits per heavy atom. The van der Waals surface area contributed by atoms with Crippen LogP contribution in [0.25, 0.3) is 0 Å². The maximum absolute atomic E-state index is 13.2. The van der Waals surface area contributed by atoms with Crippen molar-refractivity contribution in [2.24, 2.45) is 0 Å². The molecule has 0 aliphatic rings. The van der Waals surface area contributed by atoms with Gasteiger partial charge in [-0.2, -0.15) is 0 Å². The van der Waals surface area contributed by atoms with Crippen molar-refractivity contribution in [3.05, 3.63) is 70.8 Å². The molecule has 0 saturated carbocycles. The van der Waals surface area contributed by atoms with Gasteiger partial charge in [-0.05, 0) is 56.5 Å². The Labute approximate surface area is 125 Å². The fourth-order valence-electron chi connectivity index (χ4n) is 2.51. The van der Waals surface area contributed by atoms with Crippen molar-refractivity contribution in [3.8, 4) is 0 Å². The first-order valence-electron chi connectivity index (χ1n) is 7.25. The van der Waals surface area contributed by atoms with Crippen molar-refractivity contribution in [2.45, 2.75) is 32.2 Å². The number of halogens is 2. The highest BCUT2D eigenvalue weighted by Gasteiger charge is 2.10. The fourth-order valence-corrected chi connectivity index (χ4v) is 2.51. The molecule has 2 rings (SSSR count). The lowest BCUT2D eigenvalue weighted by atomic mass is 9.98. The molecule has 0 amide bonds. The van der Waals surface area contributed by atoms with E-state index in [1.165, 1.54) is 23.3 Å². The number of likely N-dealkylation sites (N-methyl/N-ethyl adjacent to an activating group) is 1. The van der Waals surface area contributed by atoms with E-state index in [0.29, 0.717) is 6.42 Å². The average Bonchev–Trinajstić information content (AvgIpc) is 2.47. The van der Waals surface area contributed by atoms with Gasteiger partial charge in [0.2, 0.25) is 0 Å². The molecule has 0 aliphatic carbocycles. The molecule has 0 spiro atoms. The quantitative estimate of drug-likeness (QED) is 0.846. The van der Waals surface area contributed by atoms with Gasteiger partial charge in [-0.3, -0.25) is 0 Å². The van der Waals surface area contributed by atoms with Crippen LogP contribution < -0.4 is 5.32 Å². The third kappa shape index (κ3) is 4.64. The summed E-state index contributed by atoms with van der Waals surface area (Å²) in [5.74, 6) is -1.57. The van der Waals surface area contributed by atoms with E-state index in [-0.39, 0.29) is 6.04 Å². The summed E-state index contributed by atoms with van der Waals surface area (Å²) in [4.78, 5) is 0. The molecule has 1 atom stereocenters. The smallest absolute Gasteiger partial charge is 0.159 e. The van der Waals surface area contributed by atoms with Gasteiger partial charge in [-0.15, -0.1) is 0 Å². The van der Waals surface area contributed by atoms with Gasteiger partial charge < -0.3 is 5.32 Å². The second-order valence-corrected chi connectivity index (χ2v) is 5.47. The van der Waals surface area contributed by atoms with Crippen LogP contribution in [-0.4, -0.2) is 13.1 Å². The van der Waals surface area contributed by atoms with Crippen LogP contribution >= 0.6 is 0 Å². The fraction of sp³-hybridized carbons (Fsp3) is 0.333. The molecular weight excluding hydrogens is 268 g/mol. The van der Waals surface area contributed by atoms with E-state index in [9.17, 15) is 8.78 Å². The molecule has 0 bridgehead atoms. The summed E-state index contributed by atoms with van der Waals surface area (Å²) in [7, 11) is 1.90. The highest BCUT2D eigenvalue weighted by Crippen LogP contribution is 2.14. The summed E-state index contributed by atoms with van der Waals surface area (Å²) in [6.45, 7) is 2.08. The van der Waals surface area contributed by atoms with Crippen LogP contribution in [-0.2, 0) is 12.8 Å². The predicted octanol–water partition coefficient (Wildman–Crippen LogP) is 4.04. The Morgan fingerprint density at radius 1 is 1.00 bits per heavy atom. The van der Waals surface area contributed by atoms with Gasteiger partial charge in [-0.1, -0.05) is 35.9 Å². The number of rotatable bonds is 6. The van der Waals surface area contributed by atoms with E-state index >= 15 is 0 Å². The molecule has 1 unspecified atom stereocenters.